The maximum atomic E-state index is 14.5. The van der Waals surface area contributed by atoms with Crippen molar-refractivity contribution in [1.29, 1.82) is 0 Å². The Labute approximate surface area is 149 Å². The Hall–Kier alpha value is -2.41. The highest BCUT2D eigenvalue weighted by Gasteiger charge is 2.41. The van der Waals surface area contributed by atoms with Crippen molar-refractivity contribution in [1.82, 2.24) is 10.2 Å². The van der Waals surface area contributed by atoms with Crippen molar-refractivity contribution >= 4 is 23.4 Å². The second-order valence-electron chi connectivity index (χ2n) is 5.74. The van der Waals surface area contributed by atoms with Gasteiger partial charge >= 0.3 is 5.97 Å². The molecule has 2 aromatic rings. The first-order valence-electron chi connectivity index (χ1n) is 7.69. The van der Waals surface area contributed by atoms with Gasteiger partial charge in [-0.3, -0.25) is 4.79 Å². The number of halogens is 2. The predicted octanol–water partition coefficient (Wildman–Crippen LogP) is 2.67. The van der Waals surface area contributed by atoms with Crippen LogP contribution in [0.5, 0.6) is 5.75 Å². The number of rotatable bonds is 4. The molecule has 2 heterocycles. The van der Waals surface area contributed by atoms with E-state index in [2.05, 4.69) is 10.2 Å². The zero-order chi connectivity index (χ0) is 18.0. The Bertz CT molecular complexity index is 772. The first kappa shape index (κ1) is 17.4. The lowest BCUT2D eigenvalue weighted by Crippen LogP contribution is -2.25. The number of esters is 1. The summed E-state index contributed by atoms with van der Waals surface area (Å²) in [5, 5.41) is 8.14. The van der Waals surface area contributed by atoms with E-state index in [0.29, 0.717) is 30.2 Å². The van der Waals surface area contributed by atoms with E-state index < -0.39 is 11.7 Å². The molecule has 0 bridgehead atoms. The summed E-state index contributed by atoms with van der Waals surface area (Å²) >= 11 is 5.77. The van der Waals surface area contributed by atoms with E-state index in [1.165, 1.54) is 20.3 Å². The summed E-state index contributed by atoms with van der Waals surface area (Å²) in [6.07, 6.45) is 0. The molecule has 3 rings (SSSR count). The highest BCUT2D eigenvalue weighted by Crippen LogP contribution is 2.37. The van der Waals surface area contributed by atoms with Crippen molar-refractivity contribution in [2.24, 2.45) is 5.92 Å². The number of hydrogen-bond acceptors (Lipinski definition) is 6. The van der Waals surface area contributed by atoms with Crippen molar-refractivity contribution in [3.8, 4) is 5.75 Å². The molecule has 132 valence electrons. The van der Waals surface area contributed by atoms with E-state index in [1.807, 2.05) is 4.90 Å². The average Bonchev–Trinajstić information content (AvgIpc) is 3.06. The summed E-state index contributed by atoms with van der Waals surface area (Å²) in [5.74, 6) is -0.669. The molecule has 0 amide bonds. The summed E-state index contributed by atoms with van der Waals surface area (Å²) in [5.41, 5.74) is 0.445. The largest absolute Gasteiger partial charge is 0.497 e. The van der Waals surface area contributed by atoms with Crippen LogP contribution >= 0.6 is 11.6 Å². The van der Waals surface area contributed by atoms with Crippen LogP contribution in [0.15, 0.2) is 30.3 Å². The summed E-state index contributed by atoms with van der Waals surface area (Å²) in [7, 11) is 2.80. The lowest BCUT2D eigenvalue weighted by atomic mass is 9.88. The van der Waals surface area contributed by atoms with Crippen molar-refractivity contribution in [3.05, 3.63) is 46.9 Å². The van der Waals surface area contributed by atoms with Crippen LogP contribution in [0.1, 0.15) is 11.5 Å². The highest BCUT2D eigenvalue weighted by molar-refractivity contribution is 6.29. The molecule has 1 aliphatic heterocycles. The Morgan fingerprint density at radius 1 is 1.24 bits per heavy atom. The Balaban J connectivity index is 1.92. The second-order valence-corrected chi connectivity index (χ2v) is 6.13. The Morgan fingerprint density at radius 3 is 2.64 bits per heavy atom. The summed E-state index contributed by atoms with van der Waals surface area (Å²) in [6.45, 7) is 0.776. The quantitative estimate of drug-likeness (QED) is 0.776. The van der Waals surface area contributed by atoms with Crippen molar-refractivity contribution in [3.63, 3.8) is 0 Å². The lowest BCUT2D eigenvalue weighted by Gasteiger charge is -2.18. The van der Waals surface area contributed by atoms with E-state index in [9.17, 15) is 9.18 Å². The van der Waals surface area contributed by atoms with Gasteiger partial charge in [-0.25, -0.2) is 4.39 Å². The molecule has 1 aliphatic rings. The molecule has 0 spiro atoms. The van der Waals surface area contributed by atoms with E-state index in [4.69, 9.17) is 21.1 Å². The van der Waals surface area contributed by atoms with Crippen LogP contribution < -0.4 is 9.64 Å². The molecule has 2 atom stereocenters. The van der Waals surface area contributed by atoms with Crippen LogP contribution in [0.3, 0.4) is 0 Å². The molecule has 0 saturated carbocycles. The normalized spacial score (nSPS) is 19.8. The molecule has 1 aromatic heterocycles. The standard InChI is InChI=1S/C17H17ClFN3O3/c1-24-10-3-4-11(14(19)7-10)12-8-22(9-13(12)17(23)25-2)16-6-5-15(18)20-21-16/h3-7,12-13H,8-9H2,1-2H3. The number of carbonyl (C=O) groups excluding carboxylic acids is 1. The van der Waals surface area contributed by atoms with Crippen molar-refractivity contribution in [2.45, 2.75) is 5.92 Å². The fourth-order valence-corrected chi connectivity index (χ4v) is 3.21. The van der Waals surface area contributed by atoms with E-state index >= 15 is 0 Å². The third-order valence-electron chi connectivity index (χ3n) is 4.37. The number of aromatic nitrogens is 2. The molecule has 2 unspecified atom stereocenters. The predicted molar refractivity (Wildman–Crippen MR) is 90.5 cm³/mol. The Morgan fingerprint density at radius 2 is 2.04 bits per heavy atom. The van der Waals surface area contributed by atoms with Gasteiger partial charge in [0.15, 0.2) is 11.0 Å². The minimum absolute atomic E-state index is 0.283. The van der Waals surface area contributed by atoms with Gasteiger partial charge in [0.05, 0.1) is 20.1 Å². The second kappa shape index (κ2) is 7.23. The molecule has 25 heavy (non-hydrogen) atoms. The Kier molecular flexibility index (Phi) is 5.03. The highest BCUT2D eigenvalue weighted by atomic mass is 35.5. The van der Waals surface area contributed by atoms with Crippen LogP contribution in [0.4, 0.5) is 10.2 Å². The van der Waals surface area contributed by atoms with Crippen LogP contribution in [-0.2, 0) is 9.53 Å². The van der Waals surface area contributed by atoms with Gasteiger partial charge in [-0.1, -0.05) is 17.7 Å². The van der Waals surface area contributed by atoms with Crippen molar-refractivity contribution in [2.75, 3.05) is 32.2 Å². The molecule has 1 fully saturated rings. The molecular formula is C17H17ClFN3O3. The van der Waals surface area contributed by atoms with Gasteiger partial charge in [0.2, 0.25) is 0 Å². The van der Waals surface area contributed by atoms with Crippen LogP contribution in [0, 0.1) is 11.7 Å². The van der Waals surface area contributed by atoms with Gasteiger partial charge < -0.3 is 14.4 Å². The number of anilines is 1. The monoisotopic (exact) mass is 365 g/mol. The number of ether oxygens (including phenoxy) is 2. The fourth-order valence-electron chi connectivity index (χ4n) is 3.11. The van der Waals surface area contributed by atoms with E-state index in [-0.39, 0.29) is 17.0 Å². The summed E-state index contributed by atoms with van der Waals surface area (Å²) in [4.78, 5) is 14.1. The van der Waals surface area contributed by atoms with Crippen LogP contribution in [0.2, 0.25) is 5.15 Å². The summed E-state index contributed by atoms with van der Waals surface area (Å²) < 4.78 is 24.5. The van der Waals surface area contributed by atoms with Gasteiger partial charge in [0.1, 0.15) is 11.6 Å². The molecule has 0 N–H and O–H groups in total. The lowest BCUT2D eigenvalue weighted by molar-refractivity contribution is -0.145. The minimum Gasteiger partial charge on any atom is -0.497 e. The van der Waals surface area contributed by atoms with Crippen molar-refractivity contribution < 1.29 is 18.7 Å². The van der Waals surface area contributed by atoms with E-state index in [1.54, 1.807) is 24.3 Å². The number of carbonyl (C=O) groups is 1. The minimum atomic E-state index is -0.509. The molecule has 0 aliphatic carbocycles. The molecule has 1 aromatic carbocycles. The third kappa shape index (κ3) is 3.51. The molecule has 8 heteroatoms. The number of nitrogens with zero attached hydrogens (tertiary/aromatic N) is 3. The van der Waals surface area contributed by atoms with Crippen LogP contribution in [0.25, 0.3) is 0 Å². The number of methoxy groups -OCH3 is 2. The maximum Gasteiger partial charge on any atom is 0.311 e. The fraction of sp³-hybridized carbons (Fsp3) is 0.353. The van der Waals surface area contributed by atoms with Gasteiger partial charge in [-0.15, -0.1) is 10.2 Å². The van der Waals surface area contributed by atoms with E-state index in [0.717, 1.165) is 0 Å². The molecule has 6 nitrogen and oxygen atoms in total. The molecular weight excluding hydrogens is 349 g/mol. The van der Waals surface area contributed by atoms with Gasteiger partial charge in [-0.05, 0) is 23.8 Å². The first-order valence-corrected chi connectivity index (χ1v) is 8.06. The average molecular weight is 366 g/mol. The van der Waals surface area contributed by atoms with Gasteiger partial charge in [0.25, 0.3) is 0 Å². The SMILES string of the molecule is COC(=O)C1CN(c2ccc(Cl)nn2)CC1c1ccc(OC)cc1F. The third-order valence-corrected chi connectivity index (χ3v) is 4.57. The van der Waals surface area contributed by atoms with Crippen LogP contribution in [-0.4, -0.2) is 43.5 Å². The number of benzene rings is 1. The smallest absolute Gasteiger partial charge is 0.311 e. The summed E-state index contributed by atoms with van der Waals surface area (Å²) in [6, 6.07) is 7.98. The zero-order valence-electron chi connectivity index (χ0n) is 13.8. The van der Waals surface area contributed by atoms with Gasteiger partial charge in [0, 0.05) is 25.1 Å². The molecule has 0 radical (unpaired) electrons. The maximum absolute atomic E-state index is 14.5. The van der Waals surface area contributed by atoms with Gasteiger partial charge in [-0.2, -0.15) is 0 Å². The number of hydrogen-bond donors (Lipinski definition) is 0. The topological polar surface area (TPSA) is 64.5 Å². The first-order chi connectivity index (χ1) is 12.0. The zero-order valence-corrected chi connectivity index (χ0v) is 14.5. The molecule has 1 saturated heterocycles.